The SMILES string of the molecule is CC(C)(C)OC(=O)N1[C@@H]2CC[C@H]1C[C@H](N1c3ccccc3Oc3cc(-c4ccncc4)ccc31)C2. The molecule has 1 amide bonds. The Morgan fingerprint density at radius 1 is 0.886 bits per heavy atom. The number of hydrogen-bond donors (Lipinski definition) is 0. The number of rotatable bonds is 2. The Balaban J connectivity index is 1.33. The lowest BCUT2D eigenvalue weighted by atomic mass is 9.94. The zero-order valence-electron chi connectivity index (χ0n) is 20.5. The third-order valence-corrected chi connectivity index (χ3v) is 7.26. The summed E-state index contributed by atoms with van der Waals surface area (Å²) >= 11 is 0. The number of fused-ring (bicyclic) bond motifs is 4. The molecule has 3 aromatic rings. The minimum atomic E-state index is -0.484. The van der Waals surface area contributed by atoms with E-state index in [1.807, 2.05) is 62.3 Å². The molecule has 2 aromatic carbocycles. The lowest BCUT2D eigenvalue weighted by molar-refractivity contribution is 0.00613. The Labute approximate surface area is 206 Å². The first-order valence-electron chi connectivity index (χ1n) is 12.5. The quantitative estimate of drug-likeness (QED) is 0.408. The number of ether oxygens (including phenoxy) is 2. The molecule has 4 heterocycles. The Morgan fingerprint density at radius 2 is 1.57 bits per heavy atom. The van der Waals surface area contributed by atoms with Gasteiger partial charge in [0.15, 0.2) is 11.5 Å². The van der Waals surface area contributed by atoms with Gasteiger partial charge in [-0.3, -0.25) is 4.98 Å². The van der Waals surface area contributed by atoms with E-state index in [4.69, 9.17) is 9.47 Å². The van der Waals surface area contributed by atoms with Crippen molar-refractivity contribution in [3.05, 3.63) is 67.0 Å². The monoisotopic (exact) mass is 469 g/mol. The van der Waals surface area contributed by atoms with Crippen molar-refractivity contribution in [2.24, 2.45) is 0 Å². The summed E-state index contributed by atoms with van der Waals surface area (Å²) in [6, 6.07) is 19.4. The van der Waals surface area contributed by atoms with Gasteiger partial charge in [0.2, 0.25) is 0 Å². The van der Waals surface area contributed by atoms with Crippen LogP contribution in [-0.4, -0.2) is 39.7 Å². The Bertz CT molecular complexity index is 1240. The topological polar surface area (TPSA) is 54.9 Å². The summed E-state index contributed by atoms with van der Waals surface area (Å²) in [6.07, 6.45) is 7.33. The van der Waals surface area contributed by atoms with E-state index in [1.54, 1.807) is 0 Å². The summed E-state index contributed by atoms with van der Waals surface area (Å²) in [5.74, 6) is 1.73. The summed E-state index contributed by atoms with van der Waals surface area (Å²) in [5, 5.41) is 0. The van der Waals surface area contributed by atoms with E-state index in [-0.39, 0.29) is 24.2 Å². The number of para-hydroxylation sites is 2. The largest absolute Gasteiger partial charge is 0.453 e. The molecular weight excluding hydrogens is 438 g/mol. The molecule has 0 unspecified atom stereocenters. The zero-order valence-corrected chi connectivity index (χ0v) is 20.5. The van der Waals surface area contributed by atoms with Crippen molar-refractivity contribution in [2.75, 3.05) is 4.90 Å². The second-order valence-corrected chi connectivity index (χ2v) is 10.8. The first-order chi connectivity index (χ1) is 16.9. The molecule has 6 nitrogen and oxygen atoms in total. The maximum atomic E-state index is 13.0. The van der Waals surface area contributed by atoms with Gasteiger partial charge in [-0.15, -0.1) is 0 Å². The zero-order chi connectivity index (χ0) is 24.2. The van der Waals surface area contributed by atoms with Crippen molar-refractivity contribution in [3.8, 4) is 22.6 Å². The lowest BCUT2D eigenvalue weighted by Gasteiger charge is -2.45. The number of hydrogen-bond acceptors (Lipinski definition) is 5. The van der Waals surface area contributed by atoms with E-state index in [2.05, 4.69) is 40.2 Å². The van der Waals surface area contributed by atoms with Gasteiger partial charge in [-0.25, -0.2) is 4.79 Å². The predicted molar refractivity (Wildman–Crippen MR) is 136 cm³/mol. The first kappa shape index (κ1) is 22.0. The van der Waals surface area contributed by atoms with Gasteiger partial charge in [-0.05, 0) is 94.0 Å². The van der Waals surface area contributed by atoms with Gasteiger partial charge in [-0.2, -0.15) is 0 Å². The normalized spacial score (nSPS) is 22.8. The number of pyridine rings is 1. The highest BCUT2D eigenvalue weighted by Crippen LogP contribution is 2.51. The molecule has 0 saturated carbocycles. The summed E-state index contributed by atoms with van der Waals surface area (Å²) in [4.78, 5) is 21.6. The molecule has 2 bridgehead atoms. The molecule has 0 N–H and O–H groups in total. The van der Waals surface area contributed by atoms with Crippen LogP contribution in [0.3, 0.4) is 0 Å². The third kappa shape index (κ3) is 4.01. The lowest BCUT2D eigenvalue weighted by Crippen LogP contribution is -2.53. The molecule has 1 aromatic heterocycles. The summed E-state index contributed by atoms with van der Waals surface area (Å²) in [5.41, 5.74) is 3.90. The standard InChI is InChI=1S/C29H31N3O3/c1-29(2,3)35-28(33)31-21-9-10-22(31)18-23(17-21)32-24-6-4-5-7-26(24)34-27-16-20(8-11-25(27)32)19-12-14-30-15-13-19/h4-8,11-16,21-23H,9-10,17-18H2,1-3H3/t21-,22+,23-. The van der Waals surface area contributed by atoms with Crippen LogP contribution < -0.4 is 9.64 Å². The molecule has 2 fully saturated rings. The minimum absolute atomic E-state index is 0.173. The number of anilines is 2. The average molecular weight is 470 g/mol. The van der Waals surface area contributed by atoms with Crippen LogP contribution in [0.4, 0.5) is 16.2 Å². The van der Waals surface area contributed by atoms with Crippen molar-refractivity contribution < 1.29 is 14.3 Å². The molecular formula is C29H31N3O3. The van der Waals surface area contributed by atoms with Crippen LogP contribution in [0, 0.1) is 0 Å². The third-order valence-electron chi connectivity index (χ3n) is 7.26. The summed E-state index contributed by atoms with van der Waals surface area (Å²) in [7, 11) is 0. The fourth-order valence-electron chi connectivity index (χ4n) is 5.87. The second-order valence-electron chi connectivity index (χ2n) is 10.8. The summed E-state index contributed by atoms with van der Waals surface area (Å²) < 4.78 is 12.2. The number of carbonyl (C=O) groups excluding carboxylic acids is 1. The van der Waals surface area contributed by atoms with Gasteiger partial charge in [0, 0.05) is 30.5 Å². The van der Waals surface area contributed by atoms with Crippen LogP contribution in [-0.2, 0) is 4.74 Å². The molecule has 6 heteroatoms. The highest BCUT2D eigenvalue weighted by atomic mass is 16.6. The van der Waals surface area contributed by atoms with Gasteiger partial charge >= 0.3 is 6.09 Å². The van der Waals surface area contributed by atoms with E-state index in [0.717, 1.165) is 59.7 Å². The number of amides is 1. The van der Waals surface area contributed by atoms with Crippen molar-refractivity contribution in [1.29, 1.82) is 0 Å². The van der Waals surface area contributed by atoms with Gasteiger partial charge < -0.3 is 19.3 Å². The van der Waals surface area contributed by atoms with E-state index in [9.17, 15) is 4.79 Å². The van der Waals surface area contributed by atoms with Crippen molar-refractivity contribution in [3.63, 3.8) is 0 Å². The van der Waals surface area contributed by atoms with Gasteiger partial charge in [0.1, 0.15) is 5.60 Å². The Morgan fingerprint density at radius 3 is 2.29 bits per heavy atom. The molecule has 6 rings (SSSR count). The number of carbonyl (C=O) groups is 1. The van der Waals surface area contributed by atoms with Crippen LogP contribution in [0.5, 0.6) is 11.5 Å². The van der Waals surface area contributed by atoms with E-state index in [1.165, 1.54) is 0 Å². The molecule has 35 heavy (non-hydrogen) atoms. The molecule has 0 radical (unpaired) electrons. The second kappa shape index (κ2) is 8.29. The smallest absolute Gasteiger partial charge is 0.410 e. The molecule has 0 aliphatic carbocycles. The molecule has 3 aliphatic rings. The van der Waals surface area contributed by atoms with E-state index < -0.39 is 5.60 Å². The van der Waals surface area contributed by atoms with Crippen molar-refractivity contribution >= 4 is 17.5 Å². The van der Waals surface area contributed by atoms with Crippen molar-refractivity contribution in [1.82, 2.24) is 9.88 Å². The Kier molecular flexibility index (Phi) is 5.20. The van der Waals surface area contributed by atoms with Crippen molar-refractivity contribution in [2.45, 2.75) is 70.2 Å². The average Bonchev–Trinajstić information content (AvgIpc) is 3.11. The molecule has 2 saturated heterocycles. The fraction of sp³-hybridized carbons (Fsp3) is 0.379. The maximum Gasteiger partial charge on any atom is 0.410 e. The molecule has 180 valence electrons. The number of aromatic nitrogens is 1. The minimum Gasteiger partial charge on any atom is -0.453 e. The number of piperidine rings is 1. The van der Waals surface area contributed by atoms with Gasteiger partial charge in [-0.1, -0.05) is 18.2 Å². The van der Waals surface area contributed by atoms with Crippen LogP contribution in [0.1, 0.15) is 46.5 Å². The van der Waals surface area contributed by atoms with Gasteiger partial charge in [0.25, 0.3) is 0 Å². The maximum absolute atomic E-state index is 13.0. The van der Waals surface area contributed by atoms with E-state index >= 15 is 0 Å². The highest BCUT2D eigenvalue weighted by molar-refractivity contribution is 5.82. The number of nitrogens with zero attached hydrogens (tertiary/aromatic N) is 3. The van der Waals surface area contributed by atoms with Crippen LogP contribution in [0.25, 0.3) is 11.1 Å². The van der Waals surface area contributed by atoms with Gasteiger partial charge in [0.05, 0.1) is 11.4 Å². The van der Waals surface area contributed by atoms with Crippen LogP contribution >= 0.6 is 0 Å². The number of benzene rings is 2. The molecule has 3 aliphatic heterocycles. The van der Waals surface area contributed by atoms with Crippen LogP contribution in [0.15, 0.2) is 67.0 Å². The fourth-order valence-corrected chi connectivity index (χ4v) is 5.87. The van der Waals surface area contributed by atoms with Crippen LogP contribution in [0.2, 0.25) is 0 Å². The Hall–Kier alpha value is -3.54. The molecule has 0 spiro atoms. The first-order valence-corrected chi connectivity index (χ1v) is 12.5. The predicted octanol–water partition coefficient (Wildman–Crippen LogP) is 6.92. The highest BCUT2D eigenvalue weighted by Gasteiger charge is 2.47. The summed E-state index contributed by atoms with van der Waals surface area (Å²) in [6.45, 7) is 5.80. The molecule has 3 atom stereocenters. The van der Waals surface area contributed by atoms with E-state index in [0.29, 0.717) is 0 Å².